The molecule has 1 heterocycles. The molecule has 0 saturated heterocycles. The molecule has 6 nitrogen and oxygen atoms in total. The van der Waals surface area contributed by atoms with E-state index in [1.165, 1.54) is 16.3 Å². The number of hydroxylamine groups is 1. The summed E-state index contributed by atoms with van der Waals surface area (Å²) in [6, 6.07) is 14.3. The summed E-state index contributed by atoms with van der Waals surface area (Å²) in [5.41, 5.74) is 3.70. The van der Waals surface area contributed by atoms with Gasteiger partial charge in [0.2, 0.25) is 0 Å². The molecule has 0 saturated carbocycles. The van der Waals surface area contributed by atoms with E-state index >= 15 is 0 Å². The quantitative estimate of drug-likeness (QED) is 0.337. The first-order chi connectivity index (χ1) is 11.8. The van der Waals surface area contributed by atoms with Crippen molar-refractivity contribution in [1.29, 1.82) is 0 Å². The van der Waals surface area contributed by atoms with Gasteiger partial charge in [0.25, 0.3) is 5.91 Å². The fourth-order valence-corrected chi connectivity index (χ4v) is 2.62. The molecule has 3 N–H and O–H groups in total. The third-order valence-corrected chi connectivity index (χ3v) is 3.79. The molecule has 1 aromatic heterocycles. The Kier molecular flexibility index (Phi) is 5.30. The molecule has 0 bridgehead atoms. The summed E-state index contributed by atoms with van der Waals surface area (Å²) in [6.45, 7) is 0.910. The van der Waals surface area contributed by atoms with Gasteiger partial charge in [0.15, 0.2) is 0 Å². The first-order valence-electron chi connectivity index (χ1n) is 7.92. The number of ether oxygens (including phenoxy) is 2. The van der Waals surface area contributed by atoms with Crippen LogP contribution in [0.15, 0.2) is 42.5 Å². The number of aromatic amines is 1. The molecule has 0 aliphatic heterocycles. The monoisotopic (exact) mass is 328 g/mol. The van der Waals surface area contributed by atoms with Crippen molar-refractivity contribution in [2.24, 2.45) is 0 Å². The minimum absolute atomic E-state index is 0.131. The summed E-state index contributed by atoms with van der Waals surface area (Å²) in [7, 11) is 0. The highest BCUT2D eigenvalue weighted by Gasteiger charge is 2.05. The minimum atomic E-state index is -0.544. The van der Waals surface area contributed by atoms with Crippen LogP contribution >= 0.6 is 0 Å². The van der Waals surface area contributed by atoms with E-state index in [0.717, 1.165) is 29.6 Å². The van der Waals surface area contributed by atoms with E-state index in [2.05, 4.69) is 23.2 Å². The lowest BCUT2D eigenvalue weighted by molar-refractivity contribution is -0.134. The second kappa shape index (κ2) is 7.81. The Hall–Kier alpha value is -2.57. The van der Waals surface area contributed by atoms with E-state index in [9.17, 15) is 4.79 Å². The Balaban J connectivity index is 1.47. The molecule has 0 aliphatic rings. The van der Waals surface area contributed by atoms with Gasteiger partial charge in [-0.3, -0.25) is 10.0 Å². The zero-order valence-electron chi connectivity index (χ0n) is 13.2. The number of aromatic nitrogens is 1. The molecule has 24 heavy (non-hydrogen) atoms. The van der Waals surface area contributed by atoms with Crippen LogP contribution in [0, 0.1) is 0 Å². The number of unbranched alkanes of at least 4 members (excludes halogenated alkanes) is 1. The van der Waals surface area contributed by atoms with Gasteiger partial charge in [0, 0.05) is 29.0 Å². The number of nitrogens with one attached hydrogen (secondary N) is 2. The van der Waals surface area contributed by atoms with Crippen LogP contribution in [0.3, 0.4) is 0 Å². The van der Waals surface area contributed by atoms with E-state index in [4.69, 9.17) is 14.7 Å². The summed E-state index contributed by atoms with van der Waals surface area (Å²) in [6.07, 6.45) is 1.61. The van der Waals surface area contributed by atoms with E-state index in [-0.39, 0.29) is 6.61 Å². The summed E-state index contributed by atoms with van der Waals surface area (Å²) in [5.74, 6) is 0.285. The molecule has 126 valence electrons. The normalized spacial score (nSPS) is 11.0. The highest BCUT2D eigenvalue weighted by molar-refractivity contribution is 6.07. The predicted octanol–water partition coefficient (Wildman–Crippen LogP) is 3.00. The van der Waals surface area contributed by atoms with E-state index in [1.807, 2.05) is 24.3 Å². The zero-order chi connectivity index (χ0) is 16.8. The summed E-state index contributed by atoms with van der Waals surface area (Å²) in [5, 5.41) is 10.7. The van der Waals surface area contributed by atoms with Crippen LogP contribution < -0.4 is 10.2 Å². The lowest BCUT2D eigenvalue weighted by atomic mass is 10.1. The number of carbonyl (C=O) groups excluding carboxylic acids is 1. The molecule has 3 rings (SSSR count). The summed E-state index contributed by atoms with van der Waals surface area (Å²) >= 11 is 0. The minimum Gasteiger partial charge on any atom is -0.494 e. The average Bonchev–Trinajstić information content (AvgIpc) is 2.98. The number of H-pyrrole nitrogens is 1. The van der Waals surface area contributed by atoms with Gasteiger partial charge in [-0.25, -0.2) is 5.48 Å². The molecule has 0 radical (unpaired) electrons. The SMILES string of the molecule is O=C(COCCCCOc1ccc2c(c1)[nH]c1ccccc12)NO. The van der Waals surface area contributed by atoms with E-state index < -0.39 is 5.91 Å². The molecule has 3 aromatic rings. The van der Waals surface area contributed by atoms with Crippen LogP contribution in [0.2, 0.25) is 0 Å². The molecule has 0 spiro atoms. The van der Waals surface area contributed by atoms with Crippen molar-refractivity contribution in [1.82, 2.24) is 10.5 Å². The fraction of sp³-hybridized carbons (Fsp3) is 0.278. The number of para-hydroxylation sites is 1. The van der Waals surface area contributed by atoms with Crippen molar-refractivity contribution < 1.29 is 19.5 Å². The van der Waals surface area contributed by atoms with Crippen molar-refractivity contribution in [2.45, 2.75) is 12.8 Å². The smallest absolute Gasteiger partial charge is 0.269 e. The molecule has 2 aromatic carbocycles. The number of amides is 1. The van der Waals surface area contributed by atoms with Crippen molar-refractivity contribution in [3.8, 4) is 5.75 Å². The third kappa shape index (κ3) is 3.84. The van der Waals surface area contributed by atoms with Gasteiger partial charge in [0.1, 0.15) is 12.4 Å². The second-order valence-electron chi connectivity index (χ2n) is 5.52. The van der Waals surface area contributed by atoms with Crippen LogP contribution in [-0.2, 0) is 9.53 Å². The molecular formula is C18H20N2O4. The van der Waals surface area contributed by atoms with Crippen LogP contribution in [-0.4, -0.2) is 35.9 Å². The first kappa shape index (κ1) is 16.3. The topological polar surface area (TPSA) is 83.6 Å². The zero-order valence-corrected chi connectivity index (χ0v) is 13.2. The predicted molar refractivity (Wildman–Crippen MR) is 91.3 cm³/mol. The highest BCUT2D eigenvalue weighted by Crippen LogP contribution is 2.28. The standard InChI is InChI=1S/C18H20N2O4/c21-18(20-22)12-23-9-3-4-10-24-13-7-8-15-14-5-1-2-6-16(14)19-17(15)11-13/h1-2,5-8,11,19,22H,3-4,9-10,12H2,(H,20,21). The Labute approximate surface area is 139 Å². The molecule has 0 atom stereocenters. The van der Waals surface area contributed by atoms with Crippen LogP contribution in [0.4, 0.5) is 0 Å². The largest absolute Gasteiger partial charge is 0.494 e. The maximum atomic E-state index is 10.7. The number of carbonyl (C=O) groups is 1. The lowest BCUT2D eigenvalue weighted by Crippen LogP contribution is -2.24. The molecule has 1 amide bonds. The van der Waals surface area contributed by atoms with Crippen molar-refractivity contribution in [3.63, 3.8) is 0 Å². The lowest BCUT2D eigenvalue weighted by Gasteiger charge is -2.06. The Morgan fingerprint density at radius 3 is 2.71 bits per heavy atom. The van der Waals surface area contributed by atoms with Gasteiger partial charge in [-0.05, 0) is 31.0 Å². The van der Waals surface area contributed by atoms with Crippen LogP contribution in [0.1, 0.15) is 12.8 Å². The summed E-state index contributed by atoms with van der Waals surface area (Å²) in [4.78, 5) is 14.1. The molecule has 0 fully saturated rings. The van der Waals surface area contributed by atoms with Gasteiger partial charge in [-0.15, -0.1) is 0 Å². The molecule has 6 heteroatoms. The summed E-state index contributed by atoms with van der Waals surface area (Å²) < 4.78 is 10.9. The van der Waals surface area contributed by atoms with Crippen molar-refractivity contribution in [2.75, 3.05) is 19.8 Å². The Morgan fingerprint density at radius 1 is 1.04 bits per heavy atom. The van der Waals surface area contributed by atoms with Gasteiger partial charge in [0.05, 0.1) is 12.1 Å². The van der Waals surface area contributed by atoms with Gasteiger partial charge in [-0.2, -0.15) is 0 Å². The van der Waals surface area contributed by atoms with Gasteiger partial charge < -0.3 is 14.5 Å². The fourth-order valence-electron chi connectivity index (χ4n) is 2.62. The maximum Gasteiger partial charge on any atom is 0.269 e. The number of hydrogen-bond donors (Lipinski definition) is 3. The van der Waals surface area contributed by atoms with Crippen LogP contribution in [0.5, 0.6) is 5.75 Å². The second-order valence-corrected chi connectivity index (χ2v) is 5.52. The number of fused-ring (bicyclic) bond motifs is 3. The van der Waals surface area contributed by atoms with Gasteiger partial charge >= 0.3 is 0 Å². The van der Waals surface area contributed by atoms with Gasteiger partial charge in [-0.1, -0.05) is 18.2 Å². The molecule has 0 unspecified atom stereocenters. The van der Waals surface area contributed by atoms with Crippen molar-refractivity contribution in [3.05, 3.63) is 42.5 Å². The average molecular weight is 328 g/mol. The Morgan fingerprint density at radius 2 is 1.83 bits per heavy atom. The maximum absolute atomic E-state index is 10.7. The van der Waals surface area contributed by atoms with Crippen molar-refractivity contribution >= 4 is 27.7 Å². The number of benzene rings is 2. The first-order valence-corrected chi connectivity index (χ1v) is 7.92. The third-order valence-electron chi connectivity index (χ3n) is 3.79. The van der Waals surface area contributed by atoms with Crippen LogP contribution in [0.25, 0.3) is 21.8 Å². The number of rotatable bonds is 8. The van der Waals surface area contributed by atoms with E-state index in [1.54, 1.807) is 0 Å². The molecule has 0 aliphatic carbocycles. The number of hydrogen-bond acceptors (Lipinski definition) is 4. The van der Waals surface area contributed by atoms with E-state index in [0.29, 0.717) is 13.2 Å². The highest BCUT2D eigenvalue weighted by atomic mass is 16.5. The molecular weight excluding hydrogens is 308 g/mol. The Bertz CT molecular complexity index is 828.